The zero-order valence-corrected chi connectivity index (χ0v) is 38.8. The third-order valence-corrected chi connectivity index (χ3v) is 13.1. The number of phenolic OH excluding ortho intramolecular Hbond substituents is 1. The van der Waals surface area contributed by atoms with Crippen molar-refractivity contribution >= 4 is 46.5 Å². The second-order valence-electron chi connectivity index (χ2n) is 19.1. The highest BCUT2D eigenvalue weighted by molar-refractivity contribution is 5.96. The van der Waals surface area contributed by atoms with E-state index in [1.54, 1.807) is 24.1 Å². The van der Waals surface area contributed by atoms with Gasteiger partial charge in [-0.15, -0.1) is 0 Å². The van der Waals surface area contributed by atoms with Crippen LogP contribution in [0.4, 0.5) is 0 Å². The average molecular weight is 903 g/mol. The van der Waals surface area contributed by atoms with Gasteiger partial charge in [0.2, 0.25) is 17.7 Å². The molecule has 2 fully saturated rings. The molecule has 15 heteroatoms. The molecular weight excluding hydrogens is 841 g/mol. The molecule has 0 saturated carbocycles. The molecule has 15 nitrogen and oxygen atoms in total. The molecule has 0 radical (unpaired) electrons. The average Bonchev–Trinajstić information content (AvgIpc) is 3.90. The van der Waals surface area contributed by atoms with Crippen LogP contribution in [-0.4, -0.2) is 117 Å². The van der Waals surface area contributed by atoms with Crippen molar-refractivity contribution < 1.29 is 43.7 Å². The number of aryl methyl sites for hydroxylation is 1. The van der Waals surface area contributed by atoms with Crippen LogP contribution in [0.5, 0.6) is 5.75 Å². The van der Waals surface area contributed by atoms with E-state index in [4.69, 9.17) is 4.74 Å². The molecule has 4 amide bonds. The van der Waals surface area contributed by atoms with E-state index < -0.39 is 53.2 Å². The maximum absolute atomic E-state index is 14.7. The standard InChI is InChI=1S/C51H62N6O9/c1-8-43(59)55-20-18-35(28-55)48(63)54(7)45(30(3)4)47(62)52-41-23-32-21-36(25-37(58)22-32)34-16-17-42-38(26-34)39(46(56(42)9-2)33-14-12-31(13-15-33)24-44(60)61)27-51(5,6)29-66-50(65)40-11-10-19-57(53-40)49(41)64/h8,12-17,21-22,25-26,30,35,40-41,45,53,58H,1,9-11,18-20,23-24,27-29H2,2-7H3,(H,52,62)(H,60,61)/t35-,40-,41-,45?/m0/s1. The summed E-state index contributed by atoms with van der Waals surface area (Å²) in [7, 11) is 1.57. The minimum Gasteiger partial charge on any atom is -0.508 e. The molecule has 0 aliphatic carbocycles. The highest BCUT2D eigenvalue weighted by Crippen LogP contribution is 2.41. The third kappa shape index (κ3) is 10.2. The Hall–Kier alpha value is -6.48. The number of rotatable bonds is 10. The van der Waals surface area contributed by atoms with E-state index in [0.717, 1.165) is 33.3 Å². The van der Waals surface area contributed by atoms with Crippen LogP contribution in [0.2, 0.25) is 0 Å². The van der Waals surface area contributed by atoms with Gasteiger partial charge in [0.15, 0.2) is 0 Å². The molecule has 6 bridgehead atoms. The fourth-order valence-corrected chi connectivity index (χ4v) is 9.89. The number of carboxylic acid groups (broad SMARTS) is 1. The topological polar surface area (TPSA) is 191 Å². The molecule has 350 valence electrons. The molecule has 3 aromatic carbocycles. The largest absolute Gasteiger partial charge is 0.508 e. The molecule has 4 N–H and O–H groups in total. The highest BCUT2D eigenvalue weighted by atomic mass is 16.5. The Labute approximate surface area is 385 Å². The van der Waals surface area contributed by atoms with Crippen LogP contribution in [0.15, 0.2) is 73.3 Å². The van der Waals surface area contributed by atoms with Gasteiger partial charge < -0.3 is 34.6 Å². The number of cyclic esters (lactones) is 1. The number of nitrogens with one attached hydrogen (secondary N) is 2. The van der Waals surface area contributed by atoms with Crippen molar-refractivity contribution in [2.75, 3.05) is 33.3 Å². The number of carboxylic acids is 1. The molecule has 7 rings (SSSR count). The van der Waals surface area contributed by atoms with E-state index in [9.17, 15) is 39.0 Å². The predicted octanol–water partition coefficient (Wildman–Crippen LogP) is 5.49. The van der Waals surface area contributed by atoms with Crippen molar-refractivity contribution in [2.24, 2.45) is 17.3 Å². The summed E-state index contributed by atoms with van der Waals surface area (Å²) in [5, 5.41) is 26.0. The zero-order valence-electron chi connectivity index (χ0n) is 38.8. The summed E-state index contributed by atoms with van der Waals surface area (Å²) in [5.41, 5.74) is 9.16. The number of carbonyl (C=O) groups is 6. The van der Waals surface area contributed by atoms with Crippen LogP contribution in [0, 0.1) is 17.3 Å². The van der Waals surface area contributed by atoms with E-state index in [1.807, 2.05) is 70.2 Å². The van der Waals surface area contributed by atoms with Gasteiger partial charge in [0.25, 0.3) is 5.91 Å². The number of carbonyl (C=O) groups excluding carboxylic acids is 5. The van der Waals surface area contributed by atoms with Crippen molar-refractivity contribution in [2.45, 2.75) is 97.8 Å². The molecule has 1 unspecified atom stereocenters. The molecule has 1 aromatic heterocycles. The Morgan fingerprint density at radius 1 is 1.00 bits per heavy atom. The number of esters is 1. The predicted molar refractivity (Wildman–Crippen MR) is 250 cm³/mol. The fraction of sp³-hybridized carbons (Fsp3) is 0.451. The molecule has 3 aliphatic heterocycles. The van der Waals surface area contributed by atoms with Gasteiger partial charge >= 0.3 is 11.9 Å². The second-order valence-corrected chi connectivity index (χ2v) is 19.1. The van der Waals surface area contributed by atoms with E-state index in [1.165, 1.54) is 16.0 Å². The number of hydrogen-bond acceptors (Lipinski definition) is 9. The smallest absolute Gasteiger partial charge is 0.324 e. The van der Waals surface area contributed by atoms with Crippen LogP contribution in [0.25, 0.3) is 33.3 Å². The van der Waals surface area contributed by atoms with E-state index in [0.29, 0.717) is 55.5 Å². The number of hydrazine groups is 1. The molecular formula is C51H62N6O9. The molecule has 4 atom stereocenters. The van der Waals surface area contributed by atoms with Crippen molar-refractivity contribution in [3.8, 4) is 28.1 Å². The number of likely N-dealkylation sites (N-methyl/N-ethyl adjacent to an activating group) is 1. The Morgan fingerprint density at radius 2 is 1.73 bits per heavy atom. The lowest BCUT2D eigenvalue weighted by Crippen LogP contribution is -2.62. The van der Waals surface area contributed by atoms with Crippen molar-refractivity contribution in [3.63, 3.8) is 0 Å². The second kappa shape index (κ2) is 19.5. The van der Waals surface area contributed by atoms with Gasteiger partial charge in [-0.2, -0.15) is 0 Å². The van der Waals surface area contributed by atoms with Gasteiger partial charge in [0, 0.05) is 56.0 Å². The van der Waals surface area contributed by atoms with E-state index in [2.05, 4.69) is 34.9 Å². The van der Waals surface area contributed by atoms with Gasteiger partial charge in [-0.1, -0.05) is 70.7 Å². The SMILES string of the molecule is C=CC(=O)N1CC[C@H](C(=O)N(C)C(C(=O)N[C@H]2Cc3cc(O)cc(c3)-c3ccc4c(c3)c(c(-c3ccc(CC(=O)O)cc3)n4CC)CC(C)(C)COC(=O)[C@@H]3CCCN(N3)C2=O)C(C)C)C1. The number of ether oxygens (including phenoxy) is 1. The first-order chi connectivity index (χ1) is 31.4. The van der Waals surface area contributed by atoms with E-state index >= 15 is 0 Å². The monoisotopic (exact) mass is 902 g/mol. The molecule has 4 aromatic rings. The van der Waals surface area contributed by atoms with Crippen LogP contribution < -0.4 is 10.7 Å². The Balaban J connectivity index is 1.29. The first kappa shape index (κ1) is 47.5. The Morgan fingerprint density at radius 3 is 2.41 bits per heavy atom. The number of nitrogens with zero attached hydrogens (tertiary/aromatic N) is 4. The van der Waals surface area contributed by atoms with Crippen LogP contribution in [-0.2, 0) is 59.3 Å². The quantitative estimate of drug-likeness (QED) is 0.117. The normalized spacial score (nSPS) is 20.4. The molecule has 3 aliphatic rings. The summed E-state index contributed by atoms with van der Waals surface area (Å²) >= 11 is 0. The van der Waals surface area contributed by atoms with Gasteiger partial charge in [-0.3, -0.25) is 33.8 Å². The molecule has 2 saturated heterocycles. The first-order valence-electron chi connectivity index (χ1n) is 22.9. The molecule has 66 heavy (non-hydrogen) atoms. The van der Waals surface area contributed by atoms with Gasteiger partial charge in [-0.05, 0) is 102 Å². The van der Waals surface area contributed by atoms with Gasteiger partial charge in [-0.25, -0.2) is 5.43 Å². The lowest BCUT2D eigenvalue weighted by atomic mass is 9.84. The minimum atomic E-state index is -1.18. The minimum absolute atomic E-state index is 0.0289. The Kier molecular flexibility index (Phi) is 14.1. The number of hydrogen-bond donors (Lipinski definition) is 4. The van der Waals surface area contributed by atoms with Crippen LogP contribution in [0.3, 0.4) is 0 Å². The number of benzene rings is 3. The number of amides is 4. The first-order valence-corrected chi connectivity index (χ1v) is 22.9. The number of fused-ring (bicyclic) bond motifs is 6. The van der Waals surface area contributed by atoms with Crippen LogP contribution >= 0.6 is 0 Å². The number of phenols is 1. The highest BCUT2D eigenvalue weighted by Gasteiger charge is 2.40. The number of aromatic hydroxyl groups is 1. The van der Waals surface area contributed by atoms with Gasteiger partial charge in [0.05, 0.1) is 24.6 Å². The molecule has 4 heterocycles. The summed E-state index contributed by atoms with van der Waals surface area (Å²) in [6.45, 7) is 14.9. The van der Waals surface area contributed by atoms with Crippen molar-refractivity contribution in [1.29, 1.82) is 0 Å². The van der Waals surface area contributed by atoms with Gasteiger partial charge in [0.1, 0.15) is 23.9 Å². The van der Waals surface area contributed by atoms with Crippen molar-refractivity contribution in [1.82, 2.24) is 30.1 Å². The van der Waals surface area contributed by atoms with Crippen molar-refractivity contribution in [3.05, 3.63) is 90.0 Å². The Bertz CT molecular complexity index is 2550. The third-order valence-electron chi connectivity index (χ3n) is 13.1. The lowest BCUT2D eigenvalue weighted by Gasteiger charge is -2.37. The number of aliphatic carboxylic acids is 1. The molecule has 0 spiro atoms. The lowest BCUT2D eigenvalue weighted by molar-refractivity contribution is -0.155. The zero-order chi connectivity index (χ0) is 47.6. The fourth-order valence-electron chi connectivity index (χ4n) is 9.89. The summed E-state index contributed by atoms with van der Waals surface area (Å²) < 4.78 is 8.29. The number of aromatic nitrogens is 1. The maximum Gasteiger partial charge on any atom is 0.324 e. The van der Waals surface area contributed by atoms with Crippen LogP contribution in [0.1, 0.15) is 70.6 Å². The maximum atomic E-state index is 14.7. The number of likely N-dealkylation sites (tertiary alicyclic amines) is 1. The summed E-state index contributed by atoms with van der Waals surface area (Å²) in [4.78, 5) is 83.7. The summed E-state index contributed by atoms with van der Waals surface area (Å²) in [6, 6.07) is 15.8. The summed E-state index contributed by atoms with van der Waals surface area (Å²) in [5.74, 6) is -3.89. The van der Waals surface area contributed by atoms with E-state index in [-0.39, 0.29) is 56.0 Å². The summed E-state index contributed by atoms with van der Waals surface area (Å²) in [6.07, 6.45) is 2.97.